The predicted octanol–water partition coefficient (Wildman–Crippen LogP) is 2.73. The van der Waals surface area contributed by atoms with Crippen molar-refractivity contribution in [1.29, 1.82) is 0 Å². The molecular formula is C12H11BrN2O4S. The lowest BCUT2D eigenvalue weighted by molar-refractivity contribution is -0.142. The van der Waals surface area contributed by atoms with Crippen molar-refractivity contribution in [1.82, 2.24) is 10.1 Å². The fourth-order valence-electron chi connectivity index (χ4n) is 1.34. The third-order valence-corrected chi connectivity index (χ3v) is 4.18. The smallest absolute Gasteiger partial charge is 0.329 e. The van der Waals surface area contributed by atoms with Crippen LogP contribution in [0, 0.1) is 0 Å². The highest BCUT2D eigenvalue weighted by molar-refractivity contribution is 9.10. The minimum absolute atomic E-state index is 0.000994. The lowest BCUT2D eigenvalue weighted by Crippen LogP contribution is -2.06. The highest BCUT2D eigenvalue weighted by Crippen LogP contribution is 2.28. The van der Waals surface area contributed by atoms with E-state index < -0.39 is 5.97 Å². The van der Waals surface area contributed by atoms with Crippen LogP contribution in [0.4, 0.5) is 0 Å². The molecule has 106 valence electrons. The van der Waals surface area contributed by atoms with Gasteiger partial charge in [0.25, 0.3) is 5.89 Å². The standard InChI is InChI=1S/C12H11BrN2O4S/c13-8-3-1-2-4-9(8)20-7-10-14-11(19-15-10)5-18-6-12(16)17/h1-4H,5-7H2,(H,16,17). The lowest BCUT2D eigenvalue weighted by Gasteiger charge is -2.00. The molecule has 0 bridgehead atoms. The number of nitrogens with zero attached hydrogens (tertiary/aromatic N) is 2. The van der Waals surface area contributed by atoms with Gasteiger partial charge in [-0.2, -0.15) is 4.98 Å². The molecule has 0 amide bonds. The van der Waals surface area contributed by atoms with E-state index in [1.54, 1.807) is 11.8 Å². The summed E-state index contributed by atoms with van der Waals surface area (Å²) < 4.78 is 10.8. The summed E-state index contributed by atoms with van der Waals surface area (Å²) in [5.74, 6) is 0.341. The number of hydrogen-bond donors (Lipinski definition) is 1. The molecule has 1 heterocycles. The fraction of sp³-hybridized carbons (Fsp3) is 0.250. The molecule has 0 aliphatic carbocycles. The molecule has 2 aromatic rings. The topological polar surface area (TPSA) is 85.5 Å². The van der Waals surface area contributed by atoms with Gasteiger partial charge in [-0.3, -0.25) is 0 Å². The number of halogens is 1. The summed E-state index contributed by atoms with van der Waals surface area (Å²) in [4.78, 5) is 15.5. The number of hydrogen-bond acceptors (Lipinski definition) is 6. The van der Waals surface area contributed by atoms with Crippen molar-refractivity contribution in [3.63, 3.8) is 0 Å². The number of thioether (sulfide) groups is 1. The van der Waals surface area contributed by atoms with Gasteiger partial charge in [-0.15, -0.1) is 11.8 Å². The predicted molar refractivity (Wildman–Crippen MR) is 75.3 cm³/mol. The van der Waals surface area contributed by atoms with E-state index in [0.717, 1.165) is 9.37 Å². The van der Waals surface area contributed by atoms with Crippen LogP contribution in [-0.4, -0.2) is 27.8 Å². The van der Waals surface area contributed by atoms with Crippen LogP contribution >= 0.6 is 27.7 Å². The first-order valence-corrected chi connectivity index (χ1v) is 7.41. The third-order valence-electron chi connectivity index (χ3n) is 2.15. The molecular weight excluding hydrogens is 348 g/mol. The molecule has 0 atom stereocenters. The van der Waals surface area contributed by atoms with E-state index in [2.05, 4.69) is 26.1 Å². The van der Waals surface area contributed by atoms with Gasteiger partial charge in [0.05, 0.1) is 5.75 Å². The molecule has 0 aliphatic heterocycles. The van der Waals surface area contributed by atoms with Crippen molar-refractivity contribution in [3.8, 4) is 0 Å². The Labute approximate surface area is 127 Å². The zero-order valence-electron chi connectivity index (χ0n) is 10.3. The van der Waals surface area contributed by atoms with E-state index in [1.165, 1.54) is 0 Å². The van der Waals surface area contributed by atoms with Gasteiger partial charge in [-0.05, 0) is 28.1 Å². The first-order valence-electron chi connectivity index (χ1n) is 5.63. The molecule has 0 spiro atoms. The van der Waals surface area contributed by atoms with Crippen molar-refractivity contribution in [2.75, 3.05) is 6.61 Å². The molecule has 0 saturated carbocycles. The van der Waals surface area contributed by atoms with Gasteiger partial charge < -0.3 is 14.4 Å². The number of aromatic nitrogens is 2. The Morgan fingerprint density at radius 2 is 2.25 bits per heavy atom. The summed E-state index contributed by atoms with van der Waals surface area (Å²) >= 11 is 5.04. The van der Waals surface area contributed by atoms with Crippen molar-refractivity contribution in [3.05, 3.63) is 40.5 Å². The van der Waals surface area contributed by atoms with Crippen LogP contribution in [0.25, 0.3) is 0 Å². The summed E-state index contributed by atoms with van der Waals surface area (Å²) in [6.07, 6.45) is 0. The molecule has 0 unspecified atom stereocenters. The summed E-state index contributed by atoms with van der Waals surface area (Å²) in [7, 11) is 0. The number of carbonyl (C=O) groups is 1. The van der Waals surface area contributed by atoms with E-state index in [4.69, 9.17) is 14.4 Å². The van der Waals surface area contributed by atoms with Gasteiger partial charge in [0, 0.05) is 9.37 Å². The number of benzene rings is 1. The minimum atomic E-state index is -1.03. The van der Waals surface area contributed by atoms with Crippen LogP contribution in [0.5, 0.6) is 0 Å². The molecule has 0 saturated heterocycles. The fourth-order valence-corrected chi connectivity index (χ4v) is 2.75. The molecule has 1 aromatic carbocycles. The minimum Gasteiger partial charge on any atom is -0.480 e. The summed E-state index contributed by atoms with van der Waals surface area (Å²) in [6, 6.07) is 7.85. The molecule has 20 heavy (non-hydrogen) atoms. The second-order valence-electron chi connectivity index (χ2n) is 3.71. The molecule has 2 rings (SSSR count). The molecule has 0 fully saturated rings. The van der Waals surface area contributed by atoms with Gasteiger partial charge in [-0.25, -0.2) is 4.79 Å². The Morgan fingerprint density at radius 3 is 3.00 bits per heavy atom. The van der Waals surface area contributed by atoms with Gasteiger partial charge >= 0.3 is 5.97 Å². The van der Waals surface area contributed by atoms with Crippen molar-refractivity contribution < 1.29 is 19.2 Å². The van der Waals surface area contributed by atoms with E-state index >= 15 is 0 Å². The Balaban J connectivity index is 1.84. The number of carboxylic acid groups (broad SMARTS) is 1. The Morgan fingerprint density at radius 1 is 1.45 bits per heavy atom. The summed E-state index contributed by atoms with van der Waals surface area (Å²) in [5, 5.41) is 12.2. The second-order valence-corrected chi connectivity index (χ2v) is 5.58. The normalized spacial score (nSPS) is 10.7. The van der Waals surface area contributed by atoms with Gasteiger partial charge in [0.2, 0.25) is 0 Å². The van der Waals surface area contributed by atoms with Crippen LogP contribution < -0.4 is 0 Å². The second kappa shape index (κ2) is 7.41. The van der Waals surface area contributed by atoms with E-state index in [9.17, 15) is 4.79 Å². The SMILES string of the molecule is O=C(O)COCc1nc(CSc2ccccc2Br)no1. The summed E-state index contributed by atoms with van der Waals surface area (Å²) in [5.41, 5.74) is 0. The zero-order valence-corrected chi connectivity index (χ0v) is 12.7. The van der Waals surface area contributed by atoms with Crippen molar-refractivity contribution in [2.45, 2.75) is 17.3 Å². The molecule has 0 radical (unpaired) electrons. The van der Waals surface area contributed by atoms with Crippen LogP contribution in [0.15, 0.2) is 38.2 Å². The maximum absolute atomic E-state index is 10.3. The van der Waals surface area contributed by atoms with Crippen LogP contribution in [-0.2, 0) is 21.9 Å². The maximum Gasteiger partial charge on any atom is 0.329 e. The summed E-state index contributed by atoms with van der Waals surface area (Å²) in [6.45, 7) is -0.386. The average Bonchev–Trinajstić information content (AvgIpc) is 2.85. The van der Waals surface area contributed by atoms with Crippen molar-refractivity contribution >= 4 is 33.7 Å². The number of ether oxygens (including phenoxy) is 1. The van der Waals surface area contributed by atoms with Gasteiger partial charge in [-0.1, -0.05) is 17.3 Å². The number of aliphatic carboxylic acids is 1. The highest BCUT2D eigenvalue weighted by Gasteiger charge is 2.09. The van der Waals surface area contributed by atoms with Gasteiger partial charge in [0.1, 0.15) is 13.2 Å². The molecule has 1 aromatic heterocycles. The van der Waals surface area contributed by atoms with E-state index in [0.29, 0.717) is 11.6 Å². The molecule has 1 N–H and O–H groups in total. The third kappa shape index (κ3) is 4.62. The maximum atomic E-state index is 10.3. The van der Waals surface area contributed by atoms with Crippen molar-refractivity contribution in [2.24, 2.45) is 0 Å². The first kappa shape index (κ1) is 15.0. The van der Waals surface area contributed by atoms with E-state index in [-0.39, 0.29) is 19.1 Å². The Hall–Kier alpha value is -1.38. The zero-order chi connectivity index (χ0) is 14.4. The van der Waals surface area contributed by atoms with Crippen LogP contribution in [0.3, 0.4) is 0 Å². The average molecular weight is 359 g/mol. The molecule has 6 nitrogen and oxygen atoms in total. The first-order chi connectivity index (χ1) is 9.65. The quantitative estimate of drug-likeness (QED) is 0.761. The Bertz CT molecular complexity index is 590. The lowest BCUT2D eigenvalue weighted by atomic mass is 10.4. The monoisotopic (exact) mass is 358 g/mol. The van der Waals surface area contributed by atoms with Crippen LogP contribution in [0.1, 0.15) is 11.7 Å². The van der Waals surface area contributed by atoms with E-state index in [1.807, 2.05) is 24.3 Å². The van der Waals surface area contributed by atoms with Gasteiger partial charge in [0.15, 0.2) is 5.82 Å². The number of carboxylic acids is 1. The highest BCUT2D eigenvalue weighted by atomic mass is 79.9. The largest absolute Gasteiger partial charge is 0.480 e. The Kier molecular flexibility index (Phi) is 5.57. The van der Waals surface area contributed by atoms with Crippen LogP contribution in [0.2, 0.25) is 0 Å². The molecule has 8 heteroatoms. The molecule has 0 aliphatic rings. The number of rotatable bonds is 7.